The van der Waals surface area contributed by atoms with Crippen molar-refractivity contribution >= 4 is 11.4 Å². The lowest BCUT2D eigenvalue weighted by atomic mass is 10.1. The number of nitrogens with two attached hydrogens (primary N) is 1. The number of hydrogen-bond donors (Lipinski definition) is 2. The topological polar surface area (TPSA) is 93.4 Å². The van der Waals surface area contributed by atoms with Crippen molar-refractivity contribution in [2.45, 2.75) is 6.54 Å². The van der Waals surface area contributed by atoms with Crippen molar-refractivity contribution in [3.8, 4) is 34.5 Å². The number of anilines is 2. The first kappa shape index (κ1) is 20.2. The predicted octanol–water partition coefficient (Wildman–Crippen LogP) is 2.93. The number of nitrogens with one attached hydrogen (secondary N) is 1. The van der Waals surface area contributed by atoms with Crippen molar-refractivity contribution in [3.63, 3.8) is 0 Å². The maximum absolute atomic E-state index is 6.19. The van der Waals surface area contributed by atoms with Gasteiger partial charge in [-0.2, -0.15) is 0 Å². The molecule has 2 aromatic carbocycles. The molecule has 0 saturated carbocycles. The smallest absolute Gasteiger partial charge is 0.203 e. The fraction of sp³-hybridized carbons (Fsp3) is 0.368. The van der Waals surface area contributed by atoms with Crippen LogP contribution in [-0.4, -0.2) is 42.7 Å². The van der Waals surface area contributed by atoms with Crippen LogP contribution in [0, 0.1) is 0 Å². The summed E-state index contributed by atoms with van der Waals surface area (Å²) < 4.78 is 32.3. The van der Waals surface area contributed by atoms with Crippen LogP contribution in [0.3, 0.4) is 0 Å². The Morgan fingerprint density at radius 2 is 1.15 bits per heavy atom. The average Bonchev–Trinajstić information content (AvgIpc) is 2.70. The zero-order chi connectivity index (χ0) is 20.0. The zero-order valence-electron chi connectivity index (χ0n) is 16.5. The van der Waals surface area contributed by atoms with Gasteiger partial charge in [-0.1, -0.05) is 0 Å². The van der Waals surface area contributed by atoms with Crippen molar-refractivity contribution in [2.75, 3.05) is 53.7 Å². The molecule has 0 unspecified atom stereocenters. The molecule has 148 valence electrons. The Kier molecular flexibility index (Phi) is 6.70. The highest BCUT2D eigenvalue weighted by atomic mass is 16.5. The molecule has 0 fully saturated rings. The van der Waals surface area contributed by atoms with E-state index in [-0.39, 0.29) is 0 Å². The van der Waals surface area contributed by atoms with E-state index in [2.05, 4.69) is 5.32 Å². The third-order valence-corrected chi connectivity index (χ3v) is 4.10. The molecular formula is C19H26N2O6. The van der Waals surface area contributed by atoms with Crippen LogP contribution in [0.1, 0.15) is 5.56 Å². The van der Waals surface area contributed by atoms with Crippen LogP contribution in [0.25, 0.3) is 0 Å². The summed E-state index contributed by atoms with van der Waals surface area (Å²) >= 11 is 0. The first-order chi connectivity index (χ1) is 13.0. The molecular weight excluding hydrogens is 352 g/mol. The fourth-order valence-corrected chi connectivity index (χ4v) is 2.79. The molecule has 27 heavy (non-hydrogen) atoms. The van der Waals surface area contributed by atoms with Crippen molar-refractivity contribution < 1.29 is 28.4 Å². The predicted molar refractivity (Wildman–Crippen MR) is 104 cm³/mol. The number of rotatable bonds is 9. The SMILES string of the molecule is COc1cc(NCc2c(N)cc(OC)c(OC)c2OC)cc(OC)c1OC. The van der Waals surface area contributed by atoms with Crippen LogP contribution < -0.4 is 39.5 Å². The molecule has 8 heteroatoms. The molecule has 8 nitrogen and oxygen atoms in total. The number of benzene rings is 2. The molecule has 0 amide bonds. The summed E-state index contributed by atoms with van der Waals surface area (Å²) in [6, 6.07) is 5.32. The summed E-state index contributed by atoms with van der Waals surface area (Å²) in [6.07, 6.45) is 0. The van der Waals surface area contributed by atoms with Gasteiger partial charge in [0.25, 0.3) is 0 Å². The Morgan fingerprint density at radius 3 is 1.59 bits per heavy atom. The normalized spacial score (nSPS) is 10.1. The second kappa shape index (κ2) is 8.98. The van der Waals surface area contributed by atoms with Gasteiger partial charge in [0.2, 0.25) is 11.5 Å². The first-order valence-corrected chi connectivity index (χ1v) is 8.15. The van der Waals surface area contributed by atoms with E-state index in [1.807, 2.05) is 12.1 Å². The van der Waals surface area contributed by atoms with Crippen molar-refractivity contribution in [1.82, 2.24) is 0 Å². The third-order valence-electron chi connectivity index (χ3n) is 4.10. The molecule has 0 saturated heterocycles. The van der Waals surface area contributed by atoms with Gasteiger partial charge in [0.15, 0.2) is 23.0 Å². The minimum absolute atomic E-state index is 0.383. The van der Waals surface area contributed by atoms with Gasteiger partial charge in [0, 0.05) is 41.7 Å². The molecule has 0 aromatic heterocycles. The molecule has 0 radical (unpaired) electrons. The Morgan fingerprint density at radius 1 is 0.667 bits per heavy atom. The van der Waals surface area contributed by atoms with E-state index in [9.17, 15) is 0 Å². The molecule has 0 aliphatic heterocycles. The summed E-state index contributed by atoms with van der Waals surface area (Å²) in [5.74, 6) is 3.11. The quantitative estimate of drug-likeness (QED) is 0.644. The van der Waals surface area contributed by atoms with Gasteiger partial charge in [-0.05, 0) is 0 Å². The van der Waals surface area contributed by atoms with Gasteiger partial charge >= 0.3 is 0 Å². The highest BCUT2D eigenvalue weighted by Gasteiger charge is 2.20. The van der Waals surface area contributed by atoms with Gasteiger partial charge in [-0.15, -0.1) is 0 Å². The van der Waals surface area contributed by atoms with Gasteiger partial charge in [0.05, 0.1) is 42.7 Å². The van der Waals surface area contributed by atoms with E-state index in [0.29, 0.717) is 46.7 Å². The number of methoxy groups -OCH3 is 6. The second-order valence-corrected chi connectivity index (χ2v) is 5.48. The van der Waals surface area contributed by atoms with Gasteiger partial charge in [-0.25, -0.2) is 0 Å². The summed E-state index contributed by atoms with van der Waals surface area (Å²) in [4.78, 5) is 0. The Labute approximate surface area is 159 Å². The van der Waals surface area contributed by atoms with E-state index < -0.39 is 0 Å². The van der Waals surface area contributed by atoms with Crippen LogP contribution in [0.2, 0.25) is 0 Å². The largest absolute Gasteiger partial charge is 0.493 e. The average molecular weight is 378 g/mol. The molecule has 0 spiro atoms. The van der Waals surface area contributed by atoms with E-state index in [1.54, 1.807) is 48.7 Å². The summed E-state index contributed by atoms with van der Waals surface area (Å²) in [5, 5.41) is 3.29. The summed E-state index contributed by atoms with van der Waals surface area (Å²) in [6.45, 7) is 0.383. The lowest BCUT2D eigenvalue weighted by Gasteiger charge is -2.19. The minimum atomic E-state index is 0.383. The van der Waals surface area contributed by atoms with Gasteiger partial charge in [-0.3, -0.25) is 0 Å². The molecule has 0 bridgehead atoms. The van der Waals surface area contributed by atoms with Crippen LogP contribution >= 0.6 is 0 Å². The monoisotopic (exact) mass is 378 g/mol. The van der Waals surface area contributed by atoms with Crippen molar-refractivity contribution in [2.24, 2.45) is 0 Å². The van der Waals surface area contributed by atoms with Crippen molar-refractivity contribution in [1.29, 1.82) is 0 Å². The molecule has 0 heterocycles. The maximum Gasteiger partial charge on any atom is 0.203 e. The third kappa shape index (κ3) is 3.99. The van der Waals surface area contributed by atoms with Crippen molar-refractivity contribution in [3.05, 3.63) is 23.8 Å². The minimum Gasteiger partial charge on any atom is -0.493 e. The molecule has 2 aromatic rings. The van der Waals surface area contributed by atoms with Crippen LogP contribution in [-0.2, 0) is 6.54 Å². The lowest BCUT2D eigenvalue weighted by Crippen LogP contribution is -2.08. The Balaban J connectivity index is 2.39. The van der Waals surface area contributed by atoms with Crippen LogP contribution in [0.4, 0.5) is 11.4 Å². The van der Waals surface area contributed by atoms with Crippen LogP contribution in [0.5, 0.6) is 34.5 Å². The molecule has 0 aliphatic rings. The molecule has 2 rings (SSSR count). The molecule has 0 atom stereocenters. The van der Waals surface area contributed by atoms with E-state index >= 15 is 0 Å². The highest BCUT2D eigenvalue weighted by molar-refractivity contribution is 5.68. The summed E-state index contributed by atoms with van der Waals surface area (Å²) in [7, 11) is 9.34. The second-order valence-electron chi connectivity index (χ2n) is 5.48. The number of ether oxygens (including phenoxy) is 6. The van der Waals surface area contributed by atoms with Gasteiger partial charge < -0.3 is 39.5 Å². The van der Waals surface area contributed by atoms with E-state index in [0.717, 1.165) is 11.3 Å². The molecule has 3 N–H and O–H groups in total. The van der Waals surface area contributed by atoms with E-state index in [1.165, 1.54) is 0 Å². The Bertz CT molecular complexity index is 769. The maximum atomic E-state index is 6.19. The van der Waals surface area contributed by atoms with Crippen LogP contribution in [0.15, 0.2) is 18.2 Å². The first-order valence-electron chi connectivity index (χ1n) is 8.15. The number of hydrogen-bond acceptors (Lipinski definition) is 8. The standard InChI is InChI=1S/C19H26N2O6/c1-22-14-7-11(8-15(23-2)18(14)26-5)21-10-12-13(20)9-16(24-3)19(27-6)17(12)25-4/h7-9,21H,10,20H2,1-6H3. The summed E-state index contributed by atoms with van der Waals surface area (Å²) in [5.41, 5.74) is 8.22. The zero-order valence-corrected chi connectivity index (χ0v) is 16.5. The number of nitrogen functional groups attached to an aromatic ring is 1. The van der Waals surface area contributed by atoms with Gasteiger partial charge in [0.1, 0.15) is 0 Å². The Hall–Kier alpha value is -3.16. The fourth-order valence-electron chi connectivity index (χ4n) is 2.79. The molecule has 0 aliphatic carbocycles. The lowest BCUT2D eigenvalue weighted by molar-refractivity contribution is 0.322. The van der Waals surface area contributed by atoms with E-state index in [4.69, 9.17) is 34.2 Å². The highest BCUT2D eigenvalue weighted by Crippen LogP contribution is 2.44.